The van der Waals surface area contributed by atoms with E-state index in [1.165, 1.54) is 0 Å². The molecule has 0 saturated carbocycles. The Hall–Kier alpha value is -1.09. The SMILES string of the molecule is CN(C)CC1(CO)CCN(S(=O)(=O)c2cc(F)ccc2F)CC1. The highest BCUT2D eigenvalue weighted by Gasteiger charge is 2.39. The van der Waals surface area contributed by atoms with Crippen molar-refractivity contribution in [3.8, 4) is 0 Å². The lowest BCUT2D eigenvalue weighted by Crippen LogP contribution is -2.48. The molecule has 0 bridgehead atoms. The minimum Gasteiger partial charge on any atom is -0.396 e. The molecule has 0 atom stereocenters. The third-order valence-corrected chi connectivity index (χ3v) is 6.19. The Labute approximate surface area is 135 Å². The second-order valence-corrected chi connectivity index (χ2v) is 8.28. The normalized spacial score (nSPS) is 19.2. The molecule has 8 heteroatoms. The first kappa shape index (κ1) is 18.3. The van der Waals surface area contributed by atoms with E-state index in [4.69, 9.17) is 0 Å². The number of halogens is 2. The van der Waals surface area contributed by atoms with Gasteiger partial charge in [0, 0.05) is 25.0 Å². The highest BCUT2D eigenvalue weighted by molar-refractivity contribution is 7.89. The summed E-state index contributed by atoms with van der Waals surface area (Å²) in [6.07, 6.45) is 0.940. The Morgan fingerprint density at radius 1 is 1.26 bits per heavy atom. The fourth-order valence-electron chi connectivity index (χ4n) is 3.05. The average Bonchev–Trinajstić information content (AvgIpc) is 2.49. The van der Waals surface area contributed by atoms with E-state index >= 15 is 0 Å². The van der Waals surface area contributed by atoms with Crippen LogP contribution in [0, 0.1) is 17.0 Å². The molecule has 2 rings (SSSR count). The molecule has 5 nitrogen and oxygen atoms in total. The molecule has 1 aromatic rings. The van der Waals surface area contributed by atoms with Gasteiger partial charge >= 0.3 is 0 Å². The second kappa shape index (κ2) is 6.80. The van der Waals surface area contributed by atoms with E-state index in [-0.39, 0.29) is 25.1 Å². The summed E-state index contributed by atoms with van der Waals surface area (Å²) in [5.41, 5.74) is -0.365. The Morgan fingerprint density at radius 2 is 1.87 bits per heavy atom. The van der Waals surface area contributed by atoms with Crippen LogP contribution < -0.4 is 0 Å². The standard InChI is InChI=1S/C15H22F2N2O3S/c1-18(2)10-15(11-20)5-7-19(8-6-15)23(21,22)14-9-12(16)3-4-13(14)17/h3-4,9,20H,5-8,10-11H2,1-2H3. The summed E-state index contributed by atoms with van der Waals surface area (Å²) in [5, 5.41) is 9.67. The molecule has 23 heavy (non-hydrogen) atoms. The van der Waals surface area contributed by atoms with Crippen LogP contribution in [0.5, 0.6) is 0 Å². The number of piperidine rings is 1. The highest BCUT2D eigenvalue weighted by Crippen LogP contribution is 2.34. The van der Waals surface area contributed by atoms with Gasteiger partial charge in [0.15, 0.2) is 0 Å². The van der Waals surface area contributed by atoms with E-state index in [1.54, 1.807) is 0 Å². The van der Waals surface area contributed by atoms with Gasteiger partial charge in [0.05, 0.1) is 6.61 Å². The van der Waals surface area contributed by atoms with E-state index in [0.717, 1.165) is 16.4 Å². The number of nitrogens with zero attached hydrogens (tertiary/aromatic N) is 2. The third kappa shape index (κ3) is 3.88. The van der Waals surface area contributed by atoms with Crippen LogP contribution in [0.2, 0.25) is 0 Å². The summed E-state index contributed by atoms with van der Waals surface area (Å²) >= 11 is 0. The average molecular weight is 348 g/mol. The van der Waals surface area contributed by atoms with E-state index in [1.807, 2.05) is 19.0 Å². The summed E-state index contributed by atoms with van der Waals surface area (Å²) in [6.45, 7) is 0.957. The van der Waals surface area contributed by atoms with E-state index in [2.05, 4.69) is 0 Å². The van der Waals surface area contributed by atoms with Gasteiger partial charge < -0.3 is 10.0 Å². The largest absolute Gasteiger partial charge is 0.396 e. The van der Waals surface area contributed by atoms with Crippen molar-refractivity contribution in [2.75, 3.05) is 40.3 Å². The minimum atomic E-state index is -4.08. The molecule has 1 saturated heterocycles. The second-order valence-electron chi connectivity index (χ2n) is 6.37. The lowest BCUT2D eigenvalue weighted by molar-refractivity contribution is 0.0441. The predicted octanol–water partition coefficient (Wildman–Crippen LogP) is 1.29. The van der Waals surface area contributed by atoms with Gasteiger partial charge in [0.2, 0.25) is 10.0 Å². The van der Waals surface area contributed by atoms with Gasteiger partial charge in [0.25, 0.3) is 0 Å². The number of aliphatic hydroxyl groups excluding tert-OH is 1. The van der Waals surface area contributed by atoms with Gasteiger partial charge in [0.1, 0.15) is 16.5 Å². The predicted molar refractivity (Wildman–Crippen MR) is 82.4 cm³/mol. The van der Waals surface area contributed by atoms with Crippen molar-refractivity contribution in [2.45, 2.75) is 17.7 Å². The molecule has 1 aliphatic rings. The number of hydrogen-bond donors (Lipinski definition) is 1. The van der Waals surface area contributed by atoms with Crippen molar-refractivity contribution in [2.24, 2.45) is 5.41 Å². The molecule has 1 aliphatic heterocycles. The zero-order valence-corrected chi connectivity index (χ0v) is 14.1. The molecule has 0 unspecified atom stereocenters. The molecular formula is C15H22F2N2O3S. The van der Waals surface area contributed by atoms with Crippen LogP contribution in [0.4, 0.5) is 8.78 Å². The molecule has 0 spiro atoms. The molecular weight excluding hydrogens is 326 g/mol. The summed E-state index contributed by atoms with van der Waals surface area (Å²) < 4.78 is 53.3. The monoisotopic (exact) mass is 348 g/mol. The Balaban J connectivity index is 2.20. The maximum Gasteiger partial charge on any atom is 0.246 e. The first-order valence-corrected chi connectivity index (χ1v) is 8.85. The number of rotatable bonds is 5. The van der Waals surface area contributed by atoms with Crippen molar-refractivity contribution >= 4 is 10.0 Å². The molecule has 0 radical (unpaired) electrons. The molecule has 130 valence electrons. The van der Waals surface area contributed by atoms with Gasteiger partial charge in [-0.1, -0.05) is 0 Å². The van der Waals surface area contributed by atoms with Crippen LogP contribution in [-0.4, -0.2) is 63.1 Å². The first-order chi connectivity index (χ1) is 10.7. The van der Waals surface area contributed by atoms with E-state index < -0.39 is 26.6 Å². The highest BCUT2D eigenvalue weighted by atomic mass is 32.2. The topological polar surface area (TPSA) is 60.9 Å². The Morgan fingerprint density at radius 3 is 2.39 bits per heavy atom. The summed E-state index contributed by atoms with van der Waals surface area (Å²) in [5.74, 6) is -1.75. The van der Waals surface area contributed by atoms with Crippen LogP contribution in [0.1, 0.15) is 12.8 Å². The lowest BCUT2D eigenvalue weighted by atomic mass is 9.79. The number of aliphatic hydroxyl groups is 1. The Bertz CT molecular complexity index is 657. The molecule has 1 fully saturated rings. The van der Waals surface area contributed by atoms with Gasteiger partial charge in [-0.2, -0.15) is 4.31 Å². The van der Waals surface area contributed by atoms with Gasteiger partial charge in [-0.05, 0) is 45.1 Å². The van der Waals surface area contributed by atoms with Crippen LogP contribution >= 0.6 is 0 Å². The maximum absolute atomic E-state index is 13.8. The fourth-order valence-corrected chi connectivity index (χ4v) is 4.57. The van der Waals surface area contributed by atoms with Gasteiger partial charge in [-0.3, -0.25) is 0 Å². The molecule has 0 aromatic heterocycles. The lowest BCUT2D eigenvalue weighted by Gasteiger charge is -2.41. The quantitative estimate of drug-likeness (QED) is 0.871. The number of sulfonamides is 1. The van der Waals surface area contributed by atoms with Crippen molar-refractivity contribution in [3.63, 3.8) is 0 Å². The van der Waals surface area contributed by atoms with Crippen LogP contribution in [0.25, 0.3) is 0 Å². The van der Waals surface area contributed by atoms with Crippen LogP contribution in [0.15, 0.2) is 23.1 Å². The summed E-state index contributed by atoms with van der Waals surface area (Å²) in [6, 6.07) is 2.41. The van der Waals surface area contributed by atoms with Crippen molar-refractivity contribution in [3.05, 3.63) is 29.8 Å². The van der Waals surface area contributed by atoms with Crippen molar-refractivity contribution < 1.29 is 22.3 Å². The molecule has 0 aliphatic carbocycles. The van der Waals surface area contributed by atoms with Crippen molar-refractivity contribution in [1.29, 1.82) is 0 Å². The van der Waals surface area contributed by atoms with E-state index in [9.17, 15) is 22.3 Å². The van der Waals surface area contributed by atoms with E-state index in [0.29, 0.717) is 25.5 Å². The Kier molecular flexibility index (Phi) is 5.40. The van der Waals surface area contributed by atoms with Crippen LogP contribution in [0.3, 0.4) is 0 Å². The minimum absolute atomic E-state index is 0.0343. The molecule has 1 aromatic carbocycles. The fraction of sp³-hybridized carbons (Fsp3) is 0.600. The summed E-state index contributed by atoms with van der Waals surface area (Å²) in [4.78, 5) is 1.31. The third-order valence-electron chi connectivity index (χ3n) is 4.28. The zero-order valence-electron chi connectivity index (χ0n) is 13.3. The van der Waals surface area contributed by atoms with Gasteiger partial charge in [-0.25, -0.2) is 17.2 Å². The van der Waals surface area contributed by atoms with Crippen LogP contribution in [-0.2, 0) is 10.0 Å². The molecule has 0 amide bonds. The smallest absolute Gasteiger partial charge is 0.246 e. The number of benzene rings is 1. The maximum atomic E-state index is 13.8. The van der Waals surface area contributed by atoms with Crippen molar-refractivity contribution in [1.82, 2.24) is 9.21 Å². The van der Waals surface area contributed by atoms with Gasteiger partial charge in [-0.15, -0.1) is 0 Å². The first-order valence-electron chi connectivity index (χ1n) is 7.41. The molecule has 1 N–H and O–H groups in total. The zero-order chi connectivity index (χ0) is 17.3. The number of hydrogen-bond acceptors (Lipinski definition) is 4. The molecule has 1 heterocycles. The summed E-state index contributed by atoms with van der Waals surface area (Å²) in [7, 11) is -0.296.